The Kier molecular flexibility index (Phi) is 28.8. The number of urea groups is 1. The molecule has 2 saturated heterocycles. The van der Waals surface area contributed by atoms with Crippen LogP contribution in [0.5, 0.6) is 0 Å². The van der Waals surface area contributed by atoms with E-state index >= 15 is 0 Å². The number of nitrogens with two attached hydrogens (primary N) is 1. The van der Waals surface area contributed by atoms with E-state index in [1.54, 1.807) is 31.8 Å². The van der Waals surface area contributed by atoms with Gasteiger partial charge >= 0.3 is 6.03 Å². The zero-order valence-electron chi connectivity index (χ0n) is 47.0. The van der Waals surface area contributed by atoms with Crippen LogP contribution in [0.3, 0.4) is 0 Å². The molecule has 2 aliphatic heterocycles. The van der Waals surface area contributed by atoms with Gasteiger partial charge in [0, 0.05) is 79.8 Å². The number of nitrogens with one attached hydrogen (secondary N) is 12. The Morgan fingerprint density at radius 2 is 1.41 bits per heavy atom. The number of nitrogens with zero attached hydrogens (tertiary/aromatic N) is 5. The summed E-state index contributed by atoms with van der Waals surface area (Å²) in [5.41, 5.74) is 6.73. The summed E-state index contributed by atoms with van der Waals surface area (Å²) in [5, 5.41) is 35.9. The molecule has 458 valence electrons. The number of hydrogen-bond acceptors (Lipinski definition) is 19. The molecule has 0 aromatic carbocycles. The minimum Gasteiger partial charge on any atom is -0.377 e. The number of fused-ring (bicyclic) bond motifs is 1. The minimum absolute atomic E-state index is 0.00161. The zero-order chi connectivity index (χ0) is 59.9. The molecule has 0 saturated carbocycles. The Hall–Kier alpha value is -7.55. The van der Waals surface area contributed by atoms with Crippen LogP contribution in [0.1, 0.15) is 75.9 Å². The van der Waals surface area contributed by atoms with Crippen LogP contribution in [-0.4, -0.2) is 214 Å². The second-order valence-corrected chi connectivity index (χ2v) is 21.4. The van der Waals surface area contributed by atoms with Crippen LogP contribution in [0, 0.1) is 5.92 Å². The second kappa shape index (κ2) is 36.1. The number of likely N-dealkylation sites (N-methyl/N-ethyl adjacent to an activating group) is 1. The molecule has 3 aromatic rings. The van der Waals surface area contributed by atoms with Gasteiger partial charge in [-0.3, -0.25) is 43.0 Å². The van der Waals surface area contributed by atoms with Gasteiger partial charge in [0.15, 0.2) is 0 Å². The van der Waals surface area contributed by atoms with Gasteiger partial charge in [0.25, 0.3) is 0 Å². The van der Waals surface area contributed by atoms with E-state index in [1.807, 2.05) is 11.8 Å². The maximum Gasteiger partial charge on any atom is 0.315 e. The molecular weight excluding hydrogens is 1100 g/mol. The fourth-order valence-corrected chi connectivity index (χ4v) is 10.5. The summed E-state index contributed by atoms with van der Waals surface area (Å²) in [5.74, 6) is -4.56. The molecular formula is C51H80N18O13S. The number of carbonyl (C=O) groups is 10. The van der Waals surface area contributed by atoms with Crippen LogP contribution in [0.25, 0.3) is 0 Å². The number of unbranched alkanes of at least 4 members (excludes halogenated alkanes) is 2. The molecule has 0 aliphatic carbocycles. The van der Waals surface area contributed by atoms with Gasteiger partial charge in [-0.2, -0.15) is 11.8 Å². The first-order valence-electron chi connectivity index (χ1n) is 27.7. The van der Waals surface area contributed by atoms with E-state index in [2.05, 4.69) is 83.4 Å². The smallest absolute Gasteiger partial charge is 0.315 e. The average Bonchev–Trinajstić information content (AvgIpc) is 4.53. The Morgan fingerprint density at radius 3 is 2.07 bits per heavy atom. The van der Waals surface area contributed by atoms with Gasteiger partial charge in [-0.25, -0.2) is 14.8 Å². The number of ether oxygens (including phenoxy) is 3. The molecule has 2 aliphatic rings. The number of aromatic amines is 2. The maximum absolute atomic E-state index is 14.3. The Labute approximate surface area is 484 Å². The normalized spacial score (nSPS) is 17.2. The molecule has 3 unspecified atom stereocenters. The molecule has 0 spiro atoms. The van der Waals surface area contributed by atoms with Crippen LogP contribution >= 0.6 is 11.8 Å². The standard InChI is InChI=1S/C51H80N18O13S/c1-31(2)44(50(78)58-25-42(72)61-36(47(75)57-11-14-70)20-32-23-54-29-59-32)65-49(77)38(21-33-24-55-30-60-33)63-48(76)37(22-34-26-69(68-67-34)13-7-6-8-35(53-3)46(52)74)62-43(73)27-82-19-18-81-17-16-80-15-12-56-41(71)10-5-4-9-40-45-39(28-83-40)64-51(79)66-45/h14,23-24,26,29-31,35-40,44-45,53H,4-13,15-22,25,27-28H2,1-3H3,(H2,52,74)(H,54,59)(H,55,60)(H,56,71)(H,57,75)(H,58,78)(H,61,72)(H,62,73)(H,63,76)(H,65,77)(H2,64,66,79)/t35?,36-,37?,38-,39+,40?,44-,45+/m0/s1. The van der Waals surface area contributed by atoms with Gasteiger partial charge in [-0.05, 0) is 45.1 Å². The molecule has 5 rings (SSSR count). The largest absolute Gasteiger partial charge is 0.377 e. The molecule has 0 radical (unpaired) electrons. The number of imidazole rings is 2. The van der Waals surface area contributed by atoms with Gasteiger partial charge in [0.1, 0.15) is 37.1 Å². The van der Waals surface area contributed by atoms with Gasteiger partial charge in [0.05, 0.1) is 82.6 Å². The van der Waals surface area contributed by atoms with E-state index in [0.29, 0.717) is 74.0 Å². The van der Waals surface area contributed by atoms with E-state index < -0.39 is 90.6 Å². The molecule has 2 fully saturated rings. The summed E-state index contributed by atoms with van der Waals surface area (Å²) in [4.78, 5) is 141. The van der Waals surface area contributed by atoms with Crippen molar-refractivity contribution in [3.05, 3.63) is 48.3 Å². The van der Waals surface area contributed by atoms with E-state index in [-0.39, 0.29) is 76.3 Å². The number of rotatable bonds is 42. The van der Waals surface area contributed by atoms with E-state index in [0.717, 1.165) is 25.0 Å². The summed E-state index contributed by atoms with van der Waals surface area (Å²) in [6, 6.07) is -5.31. The number of aldehydes is 1. The fraction of sp³-hybridized carbons (Fsp3) is 0.647. The number of aromatic nitrogens is 7. The van der Waals surface area contributed by atoms with Crippen molar-refractivity contribution in [1.29, 1.82) is 0 Å². The summed E-state index contributed by atoms with van der Waals surface area (Å²) in [6.45, 7) is 3.64. The molecule has 14 N–H and O–H groups in total. The lowest BCUT2D eigenvalue weighted by atomic mass is 10.0. The predicted octanol–water partition coefficient (Wildman–Crippen LogP) is -4.09. The predicted molar refractivity (Wildman–Crippen MR) is 298 cm³/mol. The highest BCUT2D eigenvalue weighted by atomic mass is 32.2. The van der Waals surface area contributed by atoms with Crippen LogP contribution in [-0.2, 0) is 83.2 Å². The van der Waals surface area contributed by atoms with E-state index in [9.17, 15) is 47.9 Å². The maximum atomic E-state index is 14.3. The highest BCUT2D eigenvalue weighted by Crippen LogP contribution is 2.33. The van der Waals surface area contributed by atoms with Crippen molar-refractivity contribution in [2.45, 2.75) is 132 Å². The van der Waals surface area contributed by atoms with Gasteiger partial charge in [-0.15, -0.1) is 5.10 Å². The highest BCUT2D eigenvalue weighted by molar-refractivity contribution is 8.00. The van der Waals surface area contributed by atoms with Crippen molar-refractivity contribution in [2.75, 3.05) is 72.1 Å². The summed E-state index contributed by atoms with van der Waals surface area (Å²) >= 11 is 1.85. The average molecular weight is 1190 g/mol. The quantitative estimate of drug-likeness (QED) is 0.0146. The first-order valence-corrected chi connectivity index (χ1v) is 28.7. The Bertz CT molecular complexity index is 2540. The summed E-state index contributed by atoms with van der Waals surface area (Å²) in [7, 11) is 1.65. The lowest BCUT2D eigenvalue weighted by Crippen LogP contribution is -2.59. The van der Waals surface area contributed by atoms with E-state index in [1.165, 1.54) is 25.0 Å². The lowest BCUT2D eigenvalue weighted by Gasteiger charge is -2.26. The number of hydrogen-bond donors (Lipinski definition) is 13. The SMILES string of the molecule is CNC(CCCCn1cc(CC(NC(=O)COCCOCCOCCNC(=O)CCCCC2SC[C@H]3NC(=O)N[C@@H]23)C(=O)N[C@@H](Cc2cnc[nH]2)C(=O)N[C@H](C(=O)NCC(=O)N[C@@H](Cc2cnc[nH]2)C(=O)NCC=O)C(C)C)nn1)C(N)=O. The number of carbonyl (C=O) groups excluding carboxylic acids is 10. The van der Waals surface area contributed by atoms with E-state index in [4.69, 9.17) is 19.9 Å². The van der Waals surface area contributed by atoms with Crippen LogP contribution in [0.4, 0.5) is 4.79 Å². The van der Waals surface area contributed by atoms with Crippen molar-refractivity contribution in [2.24, 2.45) is 11.7 Å². The lowest BCUT2D eigenvalue weighted by molar-refractivity contribution is -0.135. The fourth-order valence-electron chi connectivity index (χ4n) is 8.98. The van der Waals surface area contributed by atoms with Crippen molar-refractivity contribution >= 4 is 71.3 Å². The van der Waals surface area contributed by atoms with Gasteiger partial charge < -0.3 is 87.9 Å². The molecule has 3 aromatic heterocycles. The molecule has 10 amide bonds. The zero-order valence-corrected chi connectivity index (χ0v) is 47.9. The Balaban J connectivity index is 1.10. The van der Waals surface area contributed by atoms with Crippen molar-refractivity contribution in [1.82, 2.24) is 88.1 Å². The van der Waals surface area contributed by atoms with Crippen molar-refractivity contribution < 1.29 is 62.2 Å². The first kappa shape index (κ1) is 66.3. The third kappa shape index (κ3) is 24.1. The topological polar surface area (TPSA) is 433 Å². The van der Waals surface area contributed by atoms with Crippen LogP contribution in [0.2, 0.25) is 0 Å². The van der Waals surface area contributed by atoms with Crippen LogP contribution < -0.4 is 58.9 Å². The molecule has 8 atom stereocenters. The number of H-pyrrole nitrogens is 2. The van der Waals surface area contributed by atoms with Crippen LogP contribution in [0.15, 0.2) is 31.2 Å². The molecule has 32 heteroatoms. The third-order valence-corrected chi connectivity index (χ3v) is 14.9. The molecule has 5 heterocycles. The third-order valence-electron chi connectivity index (χ3n) is 13.4. The van der Waals surface area contributed by atoms with Crippen molar-refractivity contribution in [3.8, 4) is 0 Å². The monoisotopic (exact) mass is 1180 g/mol. The molecule has 0 bridgehead atoms. The first-order chi connectivity index (χ1) is 40.0. The minimum atomic E-state index is -1.35. The van der Waals surface area contributed by atoms with Gasteiger partial charge in [-0.1, -0.05) is 25.5 Å². The summed E-state index contributed by atoms with van der Waals surface area (Å²) in [6.07, 6.45) is 12.2. The number of primary amides is 1. The van der Waals surface area contributed by atoms with Gasteiger partial charge in [0.2, 0.25) is 47.3 Å². The number of thioether (sulfide) groups is 1. The highest BCUT2D eigenvalue weighted by Gasteiger charge is 2.42. The number of aryl methyl sites for hydroxylation is 1. The number of amides is 10. The second-order valence-electron chi connectivity index (χ2n) is 20.1. The molecule has 83 heavy (non-hydrogen) atoms. The van der Waals surface area contributed by atoms with Crippen molar-refractivity contribution in [3.63, 3.8) is 0 Å². The molecule has 31 nitrogen and oxygen atoms in total. The Morgan fingerprint density at radius 1 is 0.747 bits per heavy atom. The summed E-state index contributed by atoms with van der Waals surface area (Å²) < 4.78 is 18.2.